The first kappa shape index (κ1) is 19.9. The molecule has 10 heteroatoms. The summed E-state index contributed by atoms with van der Waals surface area (Å²) in [5, 5.41) is 7.21. The summed E-state index contributed by atoms with van der Waals surface area (Å²) in [5.74, 6) is 0.168. The van der Waals surface area contributed by atoms with Crippen LogP contribution in [-0.4, -0.2) is 27.3 Å². The Morgan fingerprint density at radius 2 is 2.00 bits per heavy atom. The molecular weight excluding hydrogens is 266 g/mol. The molecular formula is C5H13Cl3N6O. The van der Waals surface area contributed by atoms with Crippen LogP contribution in [0.5, 0.6) is 0 Å². The molecule has 0 unspecified atom stereocenters. The zero-order valence-corrected chi connectivity index (χ0v) is 10.1. The lowest BCUT2D eigenvalue weighted by atomic mass is 10.6. The molecule has 0 fully saturated rings. The van der Waals surface area contributed by atoms with E-state index in [-0.39, 0.29) is 56.2 Å². The maximum absolute atomic E-state index is 10.8. The maximum Gasteiger partial charge on any atom is 0.252 e. The number of rotatable bonds is 3. The lowest BCUT2D eigenvalue weighted by Gasteiger charge is -2.04. The minimum atomic E-state index is -0.315. The minimum absolute atomic E-state index is 0. The number of nitrogens with zero attached hydrogens (tertiary/aromatic N) is 3. The van der Waals surface area contributed by atoms with Crippen molar-refractivity contribution >= 4 is 43.1 Å². The lowest BCUT2D eigenvalue weighted by molar-refractivity contribution is -0.115. The highest BCUT2D eigenvalue weighted by molar-refractivity contribution is 5.86. The Kier molecular flexibility index (Phi) is 13.2. The van der Waals surface area contributed by atoms with Crippen LogP contribution in [0, 0.1) is 0 Å². The van der Waals surface area contributed by atoms with Crippen LogP contribution in [0.1, 0.15) is 5.82 Å². The van der Waals surface area contributed by atoms with Crippen LogP contribution in [0.3, 0.4) is 0 Å². The van der Waals surface area contributed by atoms with Crippen molar-refractivity contribution in [2.75, 3.05) is 12.0 Å². The van der Waals surface area contributed by atoms with Gasteiger partial charge in [0.15, 0.2) is 5.82 Å². The molecule has 1 rings (SSSR count). The van der Waals surface area contributed by atoms with Crippen molar-refractivity contribution in [1.29, 1.82) is 0 Å². The first-order chi connectivity index (χ1) is 5.77. The molecule has 1 aromatic heterocycles. The van der Waals surface area contributed by atoms with E-state index in [0.29, 0.717) is 5.82 Å². The molecule has 0 aromatic carbocycles. The normalized spacial score (nSPS) is 7.87. The highest BCUT2D eigenvalue weighted by Gasteiger charge is 2.03. The Balaban J connectivity index is -0.000000480. The summed E-state index contributed by atoms with van der Waals surface area (Å²) in [6, 6.07) is 0. The molecule has 0 spiro atoms. The van der Waals surface area contributed by atoms with E-state index in [1.807, 2.05) is 0 Å². The first-order valence-corrected chi connectivity index (χ1v) is 3.36. The van der Waals surface area contributed by atoms with Crippen molar-refractivity contribution in [2.24, 2.45) is 11.5 Å². The lowest BCUT2D eigenvalue weighted by Crippen LogP contribution is -2.30. The van der Waals surface area contributed by atoms with Crippen LogP contribution in [0.15, 0.2) is 6.33 Å². The number of carbonyl (C=O) groups is 1. The molecule has 0 bridgehead atoms. The topological polar surface area (TPSA) is 112 Å². The van der Waals surface area contributed by atoms with Gasteiger partial charge < -0.3 is 11.5 Å². The van der Waals surface area contributed by atoms with Crippen LogP contribution in [0.4, 0.5) is 0 Å². The zero-order valence-electron chi connectivity index (χ0n) is 7.62. The van der Waals surface area contributed by atoms with Gasteiger partial charge in [0, 0.05) is 0 Å². The van der Waals surface area contributed by atoms with E-state index in [0.717, 1.165) is 0 Å². The van der Waals surface area contributed by atoms with Gasteiger partial charge >= 0.3 is 0 Å². The fourth-order valence-electron chi connectivity index (χ4n) is 0.671. The fourth-order valence-corrected chi connectivity index (χ4v) is 0.671. The van der Waals surface area contributed by atoms with E-state index in [1.165, 1.54) is 11.0 Å². The summed E-state index contributed by atoms with van der Waals surface area (Å²) in [5.41, 5.74) is 12.8. The Labute approximate surface area is 105 Å². The van der Waals surface area contributed by atoms with Crippen molar-refractivity contribution in [3.63, 3.8) is 0 Å². The third-order valence-electron chi connectivity index (χ3n) is 1.23. The van der Waals surface area contributed by atoms with E-state index in [2.05, 4.69) is 15.6 Å². The van der Waals surface area contributed by atoms with Gasteiger partial charge in [-0.05, 0) is 0 Å². The first-order valence-electron chi connectivity index (χ1n) is 3.36. The van der Waals surface area contributed by atoms with Gasteiger partial charge in [-0.3, -0.25) is 10.2 Å². The second kappa shape index (κ2) is 9.94. The van der Waals surface area contributed by atoms with Crippen molar-refractivity contribution in [1.82, 2.24) is 14.9 Å². The second-order valence-electron chi connectivity index (χ2n) is 2.06. The SMILES string of the molecule is Cl.Cl.Cl.NCC(=O)Nn1cnnc1CN. The van der Waals surface area contributed by atoms with Crippen LogP contribution in [0.2, 0.25) is 0 Å². The molecule has 5 N–H and O–H groups in total. The van der Waals surface area contributed by atoms with Gasteiger partial charge in [0.05, 0.1) is 13.1 Å². The van der Waals surface area contributed by atoms with E-state index in [1.54, 1.807) is 0 Å². The van der Waals surface area contributed by atoms with E-state index in [4.69, 9.17) is 11.5 Å². The largest absolute Gasteiger partial charge is 0.324 e. The third-order valence-corrected chi connectivity index (χ3v) is 1.23. The van der Waals surface area contributed by atoms with Crippen molar-refractivity contribution in [3.05, 3.63) is 12.2 Å². The zero-order chi connectivity index (χ0) is 8.97. The Hall–Kier alpha value is -0.600. The van der Waals surface area contributed by atoms with Gasteiger partial charge in [0.25, 0.3) is 5.91 Å². The van der Waals surface area contributed by atoms with Crippen molar-refractivity contribution in [3.8, 4) is 0 Å². The monoisotopic (exact) mass is 278 g/mol. The Morgan fingerprint density at radius 3 is 2.47 bits per heavy atom. The highest BCUT2D eigenvalue weighted by atomic mass is 35.5. The van der Waals surface area contributed by atoms with Crippen LogP contribution in [0.25, 0.3) is 0 Å². The molecule has 90 valence electrons. The smallest absolute Gasteiger partial charge is 0.252 e. The summed E-state index contributed by atoms with van der Waals surface area (Å²) in [6.45, 7) is 0.132. The Morgan fingerprint density at radius 1 is 1.40 bits per heavy atom. The molecule has 0 saturated heterocycles. The van der Waals surface area contributed by atoms with Crippen LogP contribution >= 0.6 is 37.2 Å². The molecule has 0 aliphatic carbocycles. The standard InChI is InChI=1S/C5H10N6O.3ClH/c6-1-4-9-8-3-11(4)10-5(12)2-7;;;/h3H,1-2,6-7H2,(H,10,12);3*1H. The summed E-state index contributed by atoms with van der Waals surface area (Å²) in [6.07, 6.45) is 1.36. The molecule has 0 aliphatic rings. The quantitative estimate of drug-likeness (QED) is 0.659. The molecule has 0 radical (unpaired) electrons. The van der Waals surface area contributed by atoms with Gasteiger partial charge in [0.1, 0.15) is 6.33 Å². The number of amides is 1. The van der Waals surface area contributed by atoms with Crippen LogP contribution in [-0.2, 0) is 11.3 Å². The molecule has 0 aliphatic heterocycles. The van der Waals surface area contributed by atoms with Crippen molar-refractivity contribution < 1.29 is 4.79 Å². The summed E-state index contributed by atoms with van der Waals surface area (Å²) < 4.78 is 1.34. The predicted molar refractivity (Wildman–Crippen MR) is 63.1 cm³/mol. The Bertz CT molecular complexity index is 279. The van der Waals surface area contributed by atoms with E-state index >= 15 is 0 Å². The maximum atomic E-state index is 10.8. The summed E-state index contributed by atoms with van der Waals surface area (Å²) in [4.78, 5) is 10.8. The molecule has 7 nitrogen and oxygen atoms in total. The predicted octanol–water partition coefficient (Wildman–Crippen LogP) is -0.969. The number of nitrogens with two attached hydrogens (primary N) is 2. The molecule has 0 atom stereocenters. The number of aromatic nitrogens is 3. The fraction of sp³-hybridized carbons (Fsp3) is 0.400. The van der Waals surface area contributed by atoms with Crippen molar-refractivity contribution in [2.45, 2.75) is 6.54 Å². The molecule has 1 aromatic rings. The number of carbonyl (C=O) groups excluding carboxylic acids is 1. The van der Waals surface area contributed by atoms with Gasteiger partial charge in [-0.25, -0.2) is 4.68 Å². The minimum Gasteiger partial charge on any atom is -0.324 e. The molecule has 0 saturated carbocycles. The van der Waals surface area contributed by atoms with Gasteiger partial charge in [0.2, 0.25) is 0 Å². The van der Waals surface area contributed by atoms with Gasteiger partial charge in [-0.15, -0.1) is 47.4 Å². The molecule has 1 heterocycles. The molecule has 1 amide bonds. The van der Waals surface area contributed by atoms with Gasteiger partial charge in [-0.2, -0.15) is 0 Å². The average molecular weight is 280 g/mol. The average Bonchev–Trinajstić information content (AvgIpc) is 2.51. The van der Waals surface area contributed by atoms with E-state index in [9.17, 15) is 4.79 Å². The van der Waals surface area contributed by atoms with Gasteiger partial charge in [-0.1, -0.05) is 0 Å². The molecule has 15 heavy (non-hydrogen) atoms. The third kappa shape index (κ3) is 5.75. The highest BCUT2D eigenvalue weighted by Crippen LogP contribution is 1.88. The summed E-state index contributed by atoms with van der Waals surface area (Å²) >= 11 is 0. The number of hydrogen-bond acceptors (Lipinski definition) is 5. The van der Waals surface area contributed by atoms with E-state index < -0.39 is 0 Å². The second-order valence-corrected chi connectivity index (χ2v) is 2.06. The summed E-state index contributed by atoms with van der Waals surface area (Å²) in [7, 11) is 0. The number of halogens is 3. The number of hydrogen-bond donors (Lipinski definition) is 3. The van der Waals surface area contributed by atoms with Crippen LogP contribution < -0.4 is 16.9 Å². The number of nitrogens with one attached hydrogen (secondary N) is 1.